The van der Waals surface area contributed by atoms with E-state index < -0.39 is 5.97 Å². The Morgan fingerprint density at radius 1 is 1.27 bits per heavy atom. The predicted molar refractivity (Wildman–Crippen MR) is 63.8 cm³/mol. The fourth-order valence-corrected chi connectivity index (χ4v) is 1.79. The maximum Gasteiger partial charge on any atom is 0.371 e. The summed E-state index contributed by atoms with van der Waals surface area (Å²) in [5, 5.41) is 8.70. The van der Waals surface area contributed by atoms with Crippen LogP contribution in [0.2, 0.25) is 0 Å². The maximum atomic E-state index is 10.6. The Labute approximate surface area is 99.9 Å². The highest BCUT2D eigenvalue weighted by Gasteiger charge is 2.09. The second kappa shape index (κ2) is 4.06. The van der Waals surface area contributed by atoms with E-state index in [9.17, 15) is 4.79 Å². The normalized spacial score (nSPS) is 10.2. The smallest absolute Gasteiger partial charge is 0.371 e. The number of benzene rings is 1. The molecule has 0 aliphatic heterocycles. The van der Waals surface area contributed by atoms with Crippen molar-refractivity contribution in [2.75, 3.05) is 0 Å². The van der Waals surface area contributed by atoms with Crippen LogP contribution in [0.4, 0.5) is 0 Å². The highest BCUT2D eigenvalue weighted by atomic mass is 127. The third-order valence-electron chi connectivity index (χ3n) is 1.93. The van der Waals surface area contributed by atoms with Gasteiger partial charge in [0.25, 0.3) is 0 Å². The molecular weight excluding hydrogens is 307 g/mol. The molecule has 0 bridgehead atoms. The zero-order chi connectivity index (χ0) is 10.8. The van der Waals surface area contributed by atoms with Gasteiger partial charge >= 0.3 is 5.97 Å². The van der Waals surface area contributed by atoms with Crippen LogP contribution >= 0.6 is 22.6 Å². The van der Waals surface area contributed by atoms with E-state index in [1.807, 2.05) is 24.3 Å². The molecule has 0 aliphatic carbocycles. The van der Waals surface area contributed by atoms with Crippen molar-refractivity contribution in [3.63, 3.8) is 0 Å². The second-order valence-corrected chi connectivity index (χ2v) is 4.23. The summed E-state index contributed by atoms with van der Waals surface area (Å²) in [6.45, 7) is 0. The molecule has 0 spiro atoms. The quantitative estimate of drug-likeness (QED) is 0.866. The van der Waals surface area contributed by atoms with Gasteiger partial charge in [0, 0.05) is 9.13 Å². The lowest BCUT2D eigenvalue weighted by Gasteiger charge is -1.96. The van der Waals surface area contributed by atoms with Gasteiger partial charge in [-0.1, -0.05) is 12.1 Å². The average molecular weight is 314 g/mol. The molecule has 1 aromatic carbocycles. The molecule has 0 radical (unpaired) electrons. The molecule has 1 aromatic heterocycles. The van der Waals surface area contributed by atoms with Crippen molar-refractivity contribution in [1.29, 1.82) is 0 Å². The molecular formula is C11H7IO3. The Bertz CT molecular complexity index is 502. The molecule has 0 atom stereocenters. The highest BCUT2D eigenvalue weighted by molar-refractivity contribution is 14.1. The fourth-order valence-electron chi connectivity index (χ4n) is 1.25. The van der Waals surface area contributed by atoms with Crippen LogP contribution < -0.4 is 0 Å². The van der Waals surface area contributed by atoms with E-state index in [4.69, 9.17) is 9.52 Å². The molecule has 1 N–H and O–H groups in total. The number of aromatic carboxylic acids is 1. The van der Waals surface area contributed by atoms with Crippen molar-refractivity contribution in [2.24, 2.45) is 0 Å². The van der Waals surface area contributed by atoms with Crippen LogP contribution in [0.1, 0.15) is 10.6 Å². The van der Waals surface area contributed by atoms with E-state index in [0.717, 1.165) is 9.13 Å². The van der Waals surface area contributed by atoms with Gasteiger partial charge in [-0.05, 0) is 46.9 Å². The molecule has 3 nitrogen and oxygen atoms in total. The van der Waals surface area contributed by atoms with Gasteiger partial charge in [-0.2, -0.15) is 0 Å². The van der Waals surface area contributed by atoms with Gasteiger partial charge in [0.2, 0.25) is 5.76 Å². The summed E-state index contributed by atoms with van der Waals surface area (Å²) < 4.78 is 6.27. The molecule has 0 amide bonds. The zero-order valence-electron chi connectivity index (χ0n) is 7.61. The van der Waals surface area contributed by atoms with Crippen LogP contribution in [-0.4, -0.2) is 11.1 Å². The summed E-state index contributed by atoms with van der Waals surface area (Å²) in [5.41, 5.74) is 0.884. The van der Waals surface area contributed by atoms with Crippen LogP contribution in [0.3, 0.4) is 0 Å². The molecule has 4 heteroatoms. The molecule has 0 aliphatic rings. The van der Waals surface area contributed by atoms with Crippen LogP contribution in [0.15, 0.2) is 40.8 Å². The summed E-state index contributed by atoms with van der Waals surface area (Å²) in [5.74, 6) is -0.512. The van der Waals surface area contributed by atoms with E-state index in [0.29, 0.717) is 5.76 Å². The van der Waals surface area contributed by atoms with Gasteiger partial charge in [-0.3, -0.25) is 0 Å². The summed E-state index contributed by atoms with van der Waals surface area (Å²) in [7, 11) is 0. The van der Waals surface area contributed by atoms with Gasteiger partial charge < -0.3 is 9.52 Å². The van der Waals surface area contributed by atoms with E-state index in [1.54, 1.807) is 6.07 Å². The third-order valence-corrected chi connectivity index (χ3v) is 2.60. The number of carbonyl (C=O) groups is 1. The number of carboxylic acid groups (broad SMARTS) is 1. The van der Waals surface area contributed by atoms with Gasteiger partial charge in [0.1, 0.15) is 5.76 Å². The fraction of sp³-hybridized carbons (Fsp3) is 0. The van der Waals surface area contributed by atoms with Crippen molar-refractivity contribution in [3.05, 3.63) is 45.7 Å². The molecule has 15 heavy (non-hydrogen) atoms. The van der Waals surface area contributed by atoms with Crippen molar-refractivity contribution >= 4 is 28.6 Å². The Morgan fingerprint density at radius 3 is 2.67 bits per heavy atom. The summed E-state index contributed by atoms with van der Waals surface area (Å²) >= 11 is 2.19. The lowest BCUT2D eigenvalue weighted by molar-refractivity contribution is 0.0663. The van der Waals surface area contributed by atoms with E-state index in [-0.39, 0.29) is 5.76 Å². The first kappa shape index (κ1) is 10.2. The molecule has 2 aromatic rings. The highest BCUT2D eigenvalue weighted by Crippen LogP contribution is 2.23. The number of hydrogen-bond donors (Lipinski definition) is 1. The first-order valence-corrected chi connectivity index (χ1v) is 5.34. The van der Waals surface area contributed by atoms with Crippen LogP contribution in [0, 0.1) is 3.57 Å². The second-order valence-electron chi connectivity index (χ2n) is 2.98. The van der Waals surface area contributed by atoms with E-state index in [1.165, 1.54) is 6.07 Å². The standard InChI is InChI=1S/C11H7IO3/c12-8-3-1-2-7(6-8)9-4-5-10(15-9)11(13)14/h1-6H,(H,13,14). The van der Waals surface area contributed by atoms with Crippen molar-refractivity contribution in [2.45, 2.75) is 0 Å². The average Bonchev–Trinajstić information content (AvgIpc) is 2.66. The van der Waals surface area contributed by atoms with E-state index in [2.05, 4.69) is 22.6 Å². The maximum absolute atomic E-state index is 10.6. The number of carboxylic acids is 1. The number of hydrogen-bond acceptors (Lipinski definition) is 2. The third kappa shape index (κ3) is 2.20. The molecule has 2 rings (SSSR count). The van der Waals surface area contributed by atoms with Crippen molar-refractivity contribution in [3.8, 4) is 11.3 Å². The minimum absolute atomic E-state index is 0.0381. The predicted octanol–water partition coefficient (Wildman–Crippen LogP) is 3.25. The number of halogens is 1. The van der Waals surface area contributed by atoms with Gasteiger partial charge in [-0.25, -0.2) is 4.79 Å². The molecule has 0 saturated heterocycles. The molecule has 76 valence electrons. The van der Waals surface area contributed by atoms with E-state index >= 15 is 0 Å². The summed E-state index contributed by atoms with van der Waals surface area (Å²) in [6, 6.07) is 10.8. The Hall–Kier alpha value is -1.30. The zero-order valence-corrected chi connectivity index (χ0v) is 9.76. The number of rotatable bonds is 2. The Kier molecular flexibility index (Phi) is 2.77. The van der Waals surface area contributed by atoms with Crippen molar-refractivity contribution < 1.29 is 14.3 Å². The topological polar surface area (TPSA) is 50.4 Å². The van der Waals surface area contributed by atoms with Crippen LogP contribution in [-0.2, 0) is 0 Å². The van der Waals surface area contributed by atoms with Crippen LogP contribution in [0.5, 0.6) is 0 Å². The molecule has 0 saturated carbocycles. The Morgan fingerprint density at radius 2 is 2.07 bits per heavy atom. The molecule has 1 heterocycles. The minimum Gasteiger partial charge on any atom is -0.475 e. The van der Waals surface area contributed by atoms with Gasteiger partial charge in [0.15, 0.2) is 0 Å². The van der Waals surface area contributed by atoms with Gasteiger partial charge in [0.05, 0.1) is 0 Å². The lowest BCUT2D eigenvalue weighted by Crippen LogP contribution is -1.91. The SMILES string of the molecule is O=C(O)c1ccc(-c2cccc(I)c2)o1. The summed E-state index contributed by atoms with van der Waals surface area (Å²) in [6.07, 6.45) is 0. The number of furan rings is 1. The first-order valence-electron chi connectivity index (χ1n) is 4.26. The minimum atomic E-state index is -1.05. The largest absolute Gasteiger partial charge is 0.475 e. The Balaban J connectivity index is 2.41. The molecule has 0 fully saturated rings. The first-order chi connectivity index (χ1) is 7.16. The van der Waals surface area contributed by atoms with Gasteiger partial charge in [-0.15, -0.1) is 0 Å². The summed E-state index contributed by atoms with van der Waals surface area (Å²) in [4.78, 5) is 10.6. The molecule has 0 unspecified atom stereocenters. The van der Waals surface area contributed by atoms with Crippen molar-refractivity contribution in [1.82, 2.24) is 0 Å². The monoisotopic (exact) mass is 314 g/mol. The lowest BCUT2D eigenvalue weighted by atomic mass is 10.2. The van der Waals surface area contributed by atoms with Crippen LogP contribution in [0.25, 0.3) is 11.3 Å².